The lowest BCUT2D eigenvalue weighted by atomic mass is 9.84. The second-order valence-electron chi connectivity index (χ2n) is 12.5. The van der Waals surface area contributed by atoms with Crippen molar-refractivity contribution >= 4 is 11.7 Å². The molecule has 6 nitrogen and oxygen atoms in total. The summed E-state index contributed by atoms with van der Waals surface area (Å²) in [6.45, 7) is 8.46. The minimum atomic E-state index is -1.34. The molecule has 3 aliphatic rings. The molecule has 0 bridgehead atoms. The van der Waals surface area contributed by atoms with E-state index in [1.807, 2.05) is 39.0 Å². The van der Waals surface area contributed by atoms with Crippen LogP contribution in [-0.4, -0.2) is 79.3 Å². The van der Waals surface area contributed by atoms with Crippen LogP contribution in [0.25, 0.3) is 5.57 Å². The number of hydrogen-bond acceptors (Lipinski definition) is 5. The van der Waals surface area contributed by atoms with Crippen LogP contribution in [0.5, 0.6) is 5.75 Å². The molecule has 0 radical (unpaired) electrons. The normalized spacial score (nSPS) is 21.6. The van der Waals surface area contributed by atoms with Crippen molar-refractivity contribution in [3.8, 4) is 5.75 Å². The first-order valence-electron chi connectivity index (χ1n) is 14.7. The first-order chi connectivity index (χ1) is 19.6. The number of carbonyl (C=O) groups excluding carboxylic acids is 1. The molecular weight excluding hydrogens is 526 g/mol. The van der Waals surface area contributed by atoms with E-state index in [0.29, 0.717) is 12.3 Å². The van der Waals surface area contributed by atoms with Crippen LogP contribution >= 0.6 is 0 Å². The van der Waals surface area contributed by atoms with Gasteiger partial charge in [-0.1, -0.05) is 36.4 Å². The highest BCUT2D eigenvalue weighted by molar-refractivity contribution is 5.79. The third kappa shape index (κ3) is 6.75. The van der Waals surface area contributed by atoms with Crippen molar-refractivity contribution in [3.05, 3.63) is 70.8 Å². The maximum Gasteiger partial charge on any atom is 0.410 e. The average Bonchev–Trinajstić information content (AvgIpc) is 3.27. The number of rotatable bonds is 10. The number of alkyl halides is 2. The number of ether oxygens (including phenoxy) is 3. The Morgan fingerprint density at radius 2 is 1.93 bits per heavy atom. The molecule has 0 N–H and O–H groups in total. The lowest BCUT2D eigenvalue weighted by Crippen LogP contribution is -2.56. The number of hydrogen-bond donors (Lipinski definition) is 0. The van der Waals surface area contributed by atoms with Crippen molar-refractivity contribution in [2.45, 2.75) is 70.3 Å². The minimum Gasteiger partial charge on any atom is -0.492 e. The summed E-state index contributed by atoms with van der Waals surface area (Å²) in [5.41, 5.74) is 4.41. The van der Waals surface area contributed by atoms with Gasteiger partial charge in [0.25, 0.3) is 0 Å². The summed E-state index contributed by atoms with van der Waals surface area (Å²) in [4.78, 5) is 16.4. The van der Waals surface area contributed by atoms with Gasteiger partial charge in [-0.3, -0.25) is 9.29 Å². The highest BCUT2D eigenvalue weighted by Gasteiger charge is 2.46. The summed E-state index contributed by atoms with van der Waals surface area (Å²) in [5.74, 6) is 0.676. The fourth-order valence-corrected chi connectivity index (χ4v) is 6.13. The van der Waals surface area contributed by atoms with Gasteiger partial charge in [0.15, 0.2) is 5.67 Å². The smallest absolute Gasteiger partial charge is 0.410 e. The predicted octanol–water partition coefficient (Wildman–Crippen LogP) is 6.55. The number of amides is 1. The molecule has 5 rings (SSSR count). The average molecular weight is 569 g/mol. The van der Waals surface area contributed by atoms with E-state index in [1.54, 1.807) is 0 Å². The molecule has 222 valence electrons. The van der Waals surface area contributed by atoms with Crippen LogP contribution in [0.3, 0.4) is 0 Å². The Balaban J connectivity index is 1.36. The summed E-state index contributed by atoms with van der Waals surface area (Å²) in [5, 5.41) is 0. The van der Waals surface area contributed by atoms with Crippen LogP contribution in [0.1, 0.15) is 63.3 Å². The number of benzene rings is 2. The van der Waals surface area contributed by atoms with Crippen molar-refractivity contribution in [1.29, 1.82) is 0 Å². The Bertz CT molecular complexity index is 1270. The van der Waals surface area contributed by atoms with Crippen molar-refractivity contribution in [3.63, 3.8) is 0 Å². The standard InChI is InChI=1S/C33H42F2N2O4/c1-23-17-28-27-12-6-5-9-24(27)19-29(28)30(37(23)20-33(35)21-39-22-33)25-10-7-11-26(18-25)40-16-15-36(14-8-13-34)31(38)41-32(2,3)4/h5-7,9-12,18,23,30H,8,13-17,19-22H2,1-4H3/t23-,30-/m1/s1. The quantitative estimate of drug-likeness (QED) is 0.326. The molecule has 1 amide bonds. The molecular formula is C33H42F2N2O4. The van der Waals surface area contributed by atoms with Crippen molar-refractivity contribution in [2.24, 2.45) is 0 Å². The van der Waals surface area contributed by atoms with E-state index < -0.39 is 24.0 Å². The Morgan fingerprint density at radius 3 is 2.63 bits per heavy atom. The number of fused-ring (bicyclic) bond motifs is 2. The van der Waals surface area contributed by atoms with E-state index in [0.717, 1.165) is 18.4 Å². The van der Waals surface area contributed by atoms with Crippen molar-refractivity contribution < 1.29 is 27.8 Å². The van der Waals surface area contributed by atoms with Crippen LogP contribution in [0, 0.1) is 0 Å². The number of carbonyl (C=O) groups is 1. The SMILES string of the molecule is C[C@@H]1CC2=C(Cc3ccccc32)[C@@H](c2cccc(OCCN(CCCF)C(=O)OC(C)(C)C)c2)N1CC1(F)COC1. The summed E-state index contributed by atoms with van der Waals surface area (Å²) >= 11 is 0. The zero-order chi connectivity index (χ0) is 29.2. The van der Waals surface area contributed by atoms with E-state index in [-0.39, 0.29) is 51.4 Å². The van der Waals surface area contributed by atoms with Gasteiger partial charge in [0.2, 0.25) is 0 Å². The monoisotopic (exact) mass is 568 g/mol. The second kappa shape index (κ2) is 12.1. The lowest BCUT2D eigenvalue weighted by molar-refractivity contribution is -0.147. The van der Waals surface area contributed by atoms with Crippen LogP contribution in [0.4, 0.5) is 13.6 Å². The Labute approximate surface area is 242 Å². The molecule has 8 heteroatoms. The Kier molecular flexibility index (Phi) is 8.71. The van der Waals surface area contributed by atoms with Gasteiger partial charge in [0, 0.05) is 19.1 Å². The molecule has 1 aliphatic carbocycles. The molecule has 0 aromatic heterocycles. The molecule has 1 saturated heterocycles. The Morgan fingerprint density at radius 1 is 1.15 bits per heavy atom. The van der Waals surface area contributed by atoms with E-state index >= 15 is 4.39 Å². The van der Waals surface area contributed by atoms with E-state index in [4.69, 9.17) is 14.2 Å². The highest BCUT2D eigenvalue weighted by atomic mass is 19.1. The summed E-state index contributed by atoms with van der Waals surface area (Å²) < 4.78 is 45.2. The fraction of sp³-hybridized carbons (Fsp3) is 0.545. The zero-order valence-corrected chi connectivity index (χ0v) is 24.6. The molecule has 2 aromatic carbocycles. The van der Waals surface area contributed by atoms with Crippen LogP contribution < -0.4 is 4.74 Å². The van der Waals surface area contributed by atoms with Gasteiger partial charge in [0.1, 0.15) is 18.0 Å². The van der Waals surface area contributed by atoms with Crippen molar-refractivity contribution in [2.75, 3.05) is 46.1 Å². The van der Waals surface area contributed by atoms with E-state index in [1.165, 1.54) is 27.2 Å². The van der Waals surface area contributed by atoms with E-state index in [2.05, 4.69) is 42.2 Å². The van der Waals surface area contributed by atoms with Gasteiger partial charge < -0.3 is 19.1 Å². The molecule has 0 saturated carbocycles. The lowest BCUT2D eigenvalue weighted by Gasteiger charge is -2.47. The molecule has 1 fully saturated rings. The fourth-order valence-electron chi connectivity index (χ4n) is 6.13. The molecule has 2 aromatic rings. The van der Waals surface area contributed by atoms with Crippen LogP contribution in [0.15, 0.2) is 54.1 Å². The third-order valence-electron chi connectivity index (χ3n) is 8.04. The van der Waals surface area contributed by atoms with Gasteiger partial charge >= 0.3 is 6.09 Å². The summed E-state index contributed by atoms with van der Waals surface area (Å²) in [7, 11) is 0. The van der Waals surface area contributed by atoms with Crippen LogP contribution in [0.2, 0.25) is 0 Å². The molecule has 2 atom stereocenters. The molecule has 2 heterocycles. The predicted molar refractivity (Wildman–Crippen MR) is 156 cm³/mol. The highest BCUT2D eigenvalue weighted by Crippen LogP contribution is 2.49. The van der Waals surface area contributed by atoms with Crippen LogP contribution in [-0.2, 0) is 15.9 Å². The first-order valence-corrected chi connectivity index (χ1v) is 14.7. The first kappa shape index (κ1) is 29.5. The summed E-state index contributed by atoms with van der Waals surface area (Å²) in [6.07, 6.45) is 1.50. The minimum absolute atomic E-state index is 0.0826. The second-order valence-corrected chi connectivity index (χ2v) is 12.5. The van der Waals surface area contributed by atoms with Gasteiger partial charge in [0.05, 0.1) is 32.5 Å². The summed E-state index contributed by atoms with van der Waals surface area (Å²) in [6, 6.07) is 16.6. The number of nitrogens with zero attached hydrogens (tertiary/aromatic N) is 2. The molecule has 41 heavy (non-hydrogen) atoms. The maximum absolute atomic E-state index is 15.5. The largest absolute Gasteiger partial charge is 0.492 e. The van der Waals surface area contributed by atoms with E-state index in [9.17, 15) is 9.18 Å². The topological polar surface area (TPSA) is 51.2 Å². The maximum atomic E-state index is 15.5. The van der Waals surface area contributed by atoms with Gasteiger partial charge in [-0.2, -0.15) is 0 Å². The molecule has 0 spiro atoms. The molecule has 0 unspecified atom stereocenters. The van der Waals surface area contributed by atoms with Gasteiger partial charge in [-0.05, 0) is 86.9 Å². The Hall–Kier alpha value is -2.97. The zero-order valence-electron chi connectivity index (χ0n) is 24.6. The van der Waals surface area contributed by atoms with Gasteiger partial charge in [-0.15, -0.1) is 0 Å². The third-order valence-corrected chi connectivity index (χ3v) is 8.04. The van der Waals surface area contributed by atoms with Crippen molar-refractivity contribution in [1.82, 2.24) is 9.80 Å². The van der Waals surface area contributed by atoms with Gasteiger partial charge in [-0.25, -0.2) is 9.18 Å². The molecule has 2 aliphatic heterocycles. The number of halogens is 2.